The van der Waals surface area contributed by atoms with Crippen LogP contribution in [0.2, 0.25) is 0 Å². The lowest BCUT2D eigenvalue weighted by Gasteiger charge is -2.06. The van der Waals surface area contributed by atoms with E-state index in [1.54, 1.807) is 24.3 Å². The summed E-state index contributed by atoms with van der Waals surface area (Å²) in [4.78, 5) is 21.8. The summed E-state index contributed by atoms with van der Waals surface area (Å²) in [6.07, 6.45) is 1.62. The number of hydrogen-bond donors (Lipinski definition) is 2. The SMILES string of the molecule is CS(=O)(=O)CCc1ccc(NC(=O)CSCC(=O)O)cc1. The second-order valence-corrected chi connectivity index (χ2v) is 7.76. The summed E-state index contributed by atoms with van der Waals surface area (Å²) >= 11 is 1.02. The molecule has 0 atom stereocenters. The van der Waals surface area contributed by atoms with E-state index in [1.807, 2.05) is 0 Å². The van der Waals surface area contributed by atoms with Gasteiger partial charge in [-0.1, -0.05) is 12.1 Å². The van der Waals surface area contributed by atoms with Crippen LogP contribution >= 0.6 is 11.8 Å². The van der Waals surface area contributed by atoms with Gasteiger partial charge >= 0.3 is 5.97 Å². The van der Waals surface area contributed by atoms with Gasteiger partial charge in [-0.15, -0.1) is 11.8 Å². The van der Waals surface area contributed by atoms with E-state index in [2.05, 4.69) is 5.32 Å². The molecule has 0 aliphatic rings. The molecule has 0 aromatic heterocycles. The summed E-state index contributed by atoms with van der Waals surface area (Å²) in [5.41, 5.74) is 1.47. The maximum Gasteiger partial charge on any atom is 0.313 e. The average Bonchev–Trinajstić information content (AvgIpc) is 2.36. The van der Waals surface area contributed by atoms with Crippen LogP contribution in [0.5, 0.6) is 0 Å². The van der Waals surface area contributed by atoms with E-state index in [9.17, 15) is 18.0 Å². The van der Waals surface area contributed by atoms with Crippen molar-refractivity contribution in [3.05, 3.63) is 29.8 Å². The monoisotopic (exact) mass is 331 g/mol. The molecular formula is C13H17NO5S2. The number of carboxylic acid groups (broad SMARTS) is 1. The van der Waals surface area contributed by atoms with E-state index >= 15 is 0 Å². The van der Waals surface area contributed by atoms with Crippen molar-refractivity contribution in [2.24, 2.45) is 0 Å². The Morgan fingerprint density at radius 1 is 1.19 bits per heavy atom. The highest BCUT2D eigenvalue weighted by Gasteiger charge is 2.06. The summed E-state index contributed by atoms with van der Waals surface area (Å²) in [6.45, 7) is 0. The van der Waals surface area contributed by atoms with Crippen LogP contribution in [0.4, 0.5) is 5.69 Å². The number of amides is 1. The highest BCUT2D eigenvalue weighted by Crippen LogP contribution is 2.11. The predicted molar refractivity (Wildman–Crippen MR) is 83.4 cm³/mol. The fourth-order valence-electron chi connectivity index (χ4n) is 1.49. The fraction of sp³-hybridized carbons (Fsp3) is 0.385. The summed E-state index contributed by atoms with van der Waals surface area (Å²) in [7, 11) is -2.99. The Labute approximate surface area is 127 Å². The first-order chi connectivity index (χ1) is 9.76. The summed E-state index contributed by atoms with van der Waals surface area (Å²) in [6, 6.07) is 6.89. The summed E-state index contributed by atoms with van der Waals surface area (Å²) in [5, 5.41) is 11.1. The van der Waals surface area contributed by atoms with Gasteiger partial charge < -0.3 is 10.4 Å². The molecule has 0 saturated carbocycles. The van der Waals surface area contributed by atoms with Crippen LogP contribution in [0, 0.1) is 0 Å². The van der Waals surface area contributed by atoms with Crippen LogP contribution in [-0.2, 0) is 25.8 Å². The molecule has 0 unspecified atom stereocenters. The third-order valence-corrected chi connectivity index (χ3v) is 4.32. The molecule has 21 heavy (non-hydrogen) atoms. The number of thioether (sulfide) groups is 1. The van der Waals surface area contributed by atoms with E-state index in [4.69, 9.17) is 5.11 Å². The van der Waals surface area contributed by atoms with Crippen molar-refractivity contribution >= 4 is 39.2 Å². The third-order valence-electron chi connectivity index (χ3n) is 2.46. The van der Waals surface area contributed by atoms with E-state index in [0.717, 1.165) is 17.3 Å². The fourth-order valence-corrected chi connectivity index (χ4v) is 2.63. The van der Waals surface area contributed by atoms with Crippen molar-refractivity contribution in [1.82, 2.24) is 0 Å². The Hall–Kier alpha value is -1.54. The number of carbonyl (C=O) groups is 2. The van der Waals surface area contributed by atoms with Gasteiger partial charge in [-0.05, 0) is 24.1 Å². The van der Waals surface area contributed by atoms with Crippen LogP contribution in [0.1, 0.15) is 5.56 Å². The molecule has 1 rings (SSSR count). The molecule has 8 heteroatoms. The van der Waals surface area contributed by atoms with Gasteiger partial charge in [0, 0.05) is 11.9 Å². The lowest BCUT2D eigenvalue weighted by atomic mass is 10.1. The smallest absolute Gasteiger partial charge is 0.313 e. The van der Waals surface area contributed by atoms with Gasteiger partial charge in [-0.25, -0.2) is 8.42 Å². The number of hydrogen-bond acceptors (Lipinski definition) is 5. The minimum atomic E-state index is -2.99. The van der Waals surface area contributed by atoms with Crippen LogP contribution in [0.3, 0.4) is 0 Å². The second-order valence-electron chi connectivity index (χ2n) is 4.51. The average molecular weight is 331 g/mol. The maximum atomic E-state index is 11.5. The molecule has 0 radical (unpaired) electrons. The molecule has 0 heterocycles. The lowest BCUT2D eigenvalue weighted by Crippen LogP contribution is -2.15. The quantitative estimate of drug-likeness (QED) is 0.738. The minimum Gasteiger partial charge on any atom is -0.481 e. The Bertz CT molecular complexity index is 595. The van der Waals surface area contributed by atoms with Crippen LogP contribution in [0.15, 0.2) is 24.3 Å². The topological polar surface area (TPSA) is 101 Å². The number of aliphatic carboxylic acids is 1. The van der Waals surface area contributed by atoms with Gasteiger partial charge in [0.15, 0.2) is 0 Å². The van der Waals surface area contributed by atoms with Crippen LogP contribution < -0.4 is 5.32 Å². The zero-order chi connectivity index (χ0) is 15.9. The van der Waals surface area contributed by atoms with E-state index in [1.165, 1.54) is 6.26 Å². The van der Waals surface area contributed by atoms with Crippen LogP contribution in [-0.4, -0.2) is 48.9 Å². The standard InChI is InChI=1S/C13H17NO5S2/c1-21(18,19)7-6-10-2-4-11(5-3-10)14-12(15)8-20-9-13(16)17/h2-5H,6-9H2,1H3,(H,14,15)(H,16,17). The molecule has 2 N–H and O–H groups in total. The Balaban J connectivity index is 2.43. The molecule has 0 aliphatic carbocycles. The van der Waals surface area contributed by atoms with E-state index in [0.29, 0.717) is 12.1 Å². The number of benzene rings is 1. The second kappa shape index (κ2) is 8.04. The highest BCUT2D eigenvalue weighted by molar-refractivity contribution is 8.00. The largest absolute Gasteiger partial charge is 0.481 e. The molecule has 0 bridgehead atoms. The van der Waals surface area contributed by atoms with Crippen molar-refractivity contribution < 1.29 is 23.1 Å². The van der Waals surface area contributed by atoms with Crippen molar-refractivity contribution in [3.63, 3.8) is 0 Å². The number of nitrogens with one attached hydrogen (secondary N) is 1. The third kappa shape index (κ3) is 8.36. The summed E-state index contributed by atoms with van der Waals surface area (Å²) in [5.74, 6) is -1.18. The van der Waals surface area contributed by atoms with Crippen LogP contribution in [0.25, 0.3) is 0 Å². The van der Waals surface area contributed by atoms with Gasteiger partial charge in [-0.2, -0.15) is 0 Å². The molecule has 0 aliphatic heterocycles. The molecule has 1 amide bonds. The Morgan fingerprint density at radius 2 is 1.81 bits per heavy atom. The molecule has 116 valence electrons. The number of rotatable bonds is 8. The molecular weight excluding hydrogens is 314 g/mol. The molecule has 1 aromatic rings. The van der Waals surface area contributed by atoms with Crippen molar-refractivity contribution in [1.29, 1.82) is 0 Å². The first-order valence-corrected chi connectivity index (χ1v) is 9.34. The van der Waals surface area contributed by atoms with Gasteiger partial charge in [-0.3, -0.25) is 9.59 Å². The number of anilines is 1. The van der Waals surface area contributed by atoms with E-state index in [-0.39, 0.29) is 23.2 Å². The normalized spacial score (nSPS) is 11.1. The molecule has 0 saturated heterocycles. The lowest BCUT2D eigenvalue weighted by molar-refractivity contribution is -0.133. The number of sulfone groups is 1. The first-order valence-electron chi connectivity index (χ1n) is 6.12. The van der Waals surface area contributed by atoms with Gasteiger partial charge in [0.1, 0.15) is 9.84 Å². The number of aryl methyl sites for hydroxylation is 1. The molecule has 0 fully saturated rings. The van der Waals surface area contributed by atoms with Gasteiger partial charge in [0.2, 0.25) is 5.91 Å². The maximum absolute atomic E-state index is 11.5. The van der Waals surface area contributed by atoms with Crippen molar-refractivity contribution in [2.75, 3.05) is 28.8 Å². The van der Waals surface area contributed by atoms with Gasteiger partial charge in [0.05, 0.1) is 17.3 Å². The number of carboxylic acids is 1. The minimum absolute atomic E-state index is 0.0716. The molecule has 0 spiro atoms. The molecule has 1 aromatic carbocycles. The van der Waals surface area contributed by atoms with Crippen molar-refractivity contribution in [3.8, 4) is 0 Å². The Morgan fingerprint density at radius 3 is 2.33 bits per heavy atom. The van der Waals surface area contributed by atoms with Gasteiger partial charge in [0.25, 0.3) is 0 Å². The summed E-state index contributed by atoms with van der Waals surface area (Å²) < 4.78 is 22.1. The zero-order valence-corrected chi connectivity index (χ0v) is 13.2. The Kier molecular flexibility index (Phi) is 6.70. The zero-order valence-electron chi connectivity index (χ0n) is 11.5. The first kappa shape index (κ1) is 17.5. The predicted octanol–water partition coefficient (Wildman–Crippen LogP) is 1.03. The molecule has 6 nitrogen and oxygen atoms in total. The number of carbonyl (C=O) groups excluding carboxylic acids is 1. The van der Waals surface area contributed by atoms with Crippen molar-refractivity contribution in [2.45, 2.75) is 6.42 Å². The van der Waals surface area contributed by atoms with E-state index < -0.39 is 15.8 Å². The highest BCUT2D eigenvalue weighted by atomic mass is 32.2.